The van der Waals surface area contributed by atoms with Crippen molar-refractivity contribution >= 4 is 21.8 Å². The highest BCUT2D eigenvalue weighted by Crippen LogP contribution is 2.37. The highest BCUT2D eigenvalue weighted by Gasteiger charge is 2.31. The quantitative estimate of drug-likeness (QED) is 0.870. The second-order valence-corrected chi connectivity index (χ2v) is 8.57. The molecule has 1 aromatic rings. The van der Waals surface area contributed by atoms with Gasteiger partial charge in [0.05, 0.1) is 6.61 Å². The van der Waals surface area contributed by atoms with Crippen molar-refractivity contribution in [1.82, 2.24) is 4.72 Å². The average Bonchev–Trinajstić information content (AvgIpc) is 2.85. The van der Waals surface area contributed by atoms with E-state index in [1.165, 1.54) is 12.1 Å². The fraction of sp³-hybridized carbons (Fsp3) is 0.538. The smallest absolute Gasteiger partial charge is 0.243 e. The van der Waals surface area contributed by atoms with Crippen LogP contribution in [0, 0.1) is 5.82 Å². The average molecular weight is 319 g/mol. The van der Waals surface area contributed by atoms with E-state index in [1.54, 1.807) is 11.8 Å². The zero-order valence-electron chi connectivity index (χ0n) is 11.2. The molecule has 1 saturated heterocycles. The van der Waals surface area contributed by atoms with Crippen LogP contribution in [0.2, 0.25) is 0 Å². The molecule has 1 aliphatic heterocycles. The molecule has 1 heterocycles. The van der Waals surface area contributed by atoms with E-state index in [0.717, 1.165) is 24.7 Å². The molecule has 1 unspecified atom stereocenters. The van der Waals surface area contributed by atoms with Gasteiger partial charge in [-0.3, -0.25) is 0 Å². The van der Waals surface area contributed by atoms with Gasteiger partial charge in [0.2, 0.25) is 10.0 Å². The number of aliphatic hydroxyl groups is 1. The largest absolute Gasteiger partial charge is 0.392 e. The van der Waals surface area contributed by atoms with Gasteiger partial charge >= 0.3 is 0 Å². The predicted molar refractivity (Wildman–Crippen MR) is 77.6 cm³/mol. The first kappa shape index (κ1) is 15.8. The molecule has 0 aromatic heterocycles. The van der Waals surface area contributed by atoms with Crippen LogP contribution in [0.3, 0.4) is 0 Å². The molecule has 1 aromatic carbocycles. The van der Waals surface area contributed by atoms with E-state index in [1.807, 2.05) is 6.92 Å². The van der Waals surface area contributed by atoms with E-state index in [2.05, 4.69) is 4.72 Å². The van der Waals surface area contributed by atoms with Crippen molar-refractivity contribution in [2.75, 3.05) is 12.3 Å². The summed E-state index contributed by atoms with van der Waals surface area (Å²) in [6.07, 6.45) is 2.01. The minimum Gasteiger partial charge on any atom is -0.392 e. The topological polar surface area (TPSA) is 66.4 Å². The number of halogens is 1. The Hall–Kier alpha value is -0.630. The summed E-state index contributed by atoms with van der Waals surface area (Å²) in [7, 11) is -3.90. The molecule has 0 spiro atoms. The molecule has 0 amide bonds. The Morgan fingerprint density at radius 1 is 1.50 bits per heavy atom. The maximum absolute atomic E-state index is 13.7. The summed E-state index contributed by atoms with van der Waals surface area (Å²) < 4.78 is 40.4. The van der Waals surface area contributed by atoms with Gasteiger partial charge in [-0.2, -0.15) is 11.8 Å². The third-order valence-corrected chi connectivity index (χ3v) is 6.36. The lowest BCUT2D eigenvalue weighted by molar-refractivity contribution is 0.281. The Bertz CT molecular complexity index is 583. The van der Waals surface area contributed by atoms with Crippen LogP contribution >= 0.6 is 11.8 Å². The lowest BCUT2D eigenvalue weighted by Crippen LogP contribution is -2.37. The van der Waals surface area contributed by atoms with E-state index in [0.29, 0.717) is 5.56 Å². The Morgan fingerprint density at radius 3 is 2.85 bits per heavy atom. The lowest BCUT2D eigenvalue weighted by atomic mass is 10.1. The van der Waals surface area contributed by atoms with Crippen molar-refractivity contribution in [3.8, 4) is 0 Å². The van der Waals surface area contributed by atoms with E-state index >= 15 is 0 Å². The lowest BCUT2D eigenvalue weighted by Gasteiger charge is -2.22. The van der Waals surface area contributed by atoms with Crippen LogP contribution in [0.4, 0.5) is 4.39 Å². The molecule has 2 rings (SSSR count). The first-order chi connectivity index (χ1) is 9.36. The summed E-state index contributed by atoms with van der Waals surface area (Å²) in [5.41, 5.74) is 0.369. The number of aliphatic hydroxyl groups excluding tert-OH is 1. The normalized spacial score (nSPS) is 23.1. The van der Waals surface area contributed by atoms with Gasteiger partial charge in [0, 0.05) is 11.3 Å². The van der Waals surface area contributed by atoms with E-state index in [4.69, 9.17) is 5.11 Å². The number of hydrogen-bond acceptors (Lipinski definition) is 4. The molecule has 4 nitrogen and oxygen atoms in total. The summed E-state index contributed by atoms with van der Waals surface area (Å²) >= 11 is 1.73. The molecule has 1 aliphatic rings. The molecule has 0 saturated carbocycles. The Balaban J connectivity index is 2.17. The fourth-order valence-electron chi connectivity index (χ4n) is 2.15. The summed E-state index contributed by atoms with van der Waals surface area (Å²) in [4.78, 5) is -0.407. The van der Waals surface area contributed by atoms with Gasteiger partial charge in [0.1, 0.15) is 10.7 Å². The van der Waals surface area contributed by atoms with Crippen LogP contribution in [0.15, 0.2) is 23.1 Å². The molecule has 1 atom stereocenters. The van der Waals surface area contributed by atoms with Gasteiger partial charge in [-0.1, -0.05) is 6.07 Å². The van der Waals surface area contributed by atoms with Gasteiger partial charge in [0.25, 0.3) is 0 Å². The van der Waals surface area contributed by atoms with Crippen LogP contribution < -0.4 is 4.72 Å². The minimum atomic E-state index is -3.90. The second-order valence-electron chi connectivity index (χ2n) is 5.15. The summed E-state index contributed by atoms with van der Waals surface area (Å²) in [5, 5.41) is 9.02. The van der Waals surface area contributed by atoms with Gasteiger partial charge in [-0.05, 0) is 43.2 Å². The SMILES string of the molecule is CC1(CNS(=O)(=O)c2cc(CO)ccc2F)CCCS1. The zero-order valence-corrected chi connectivity index (χ0v) is 12.9. The van der Waals surface area contributed by atoms with Gasteiger partial charge in [0.15, 0.2) is 0 Å². The molecule has 0 aliphatic carbocycles. The molecule has 7 heteroatoms. The number of hydrogen-bond donors (Lipinski definition) is 2. The fourth-order valence-corrected chi connectivity index (χ4v) is 4.78. The first-order valence-electron chi connectivity index (χ1n) is 6.39. The molecule has 20 heavy (non-hydrogen) atoms. The molecular formula is C13H18FNO3S2. The van der Waals surface area contributed by atoms with Crippen LogP contribution in [-0.2, 0) is 16.6 Å². The molecular weight excluding hydrogens is 301 g/mol. The van der Waals surface area contributed by atoms with Gasteiger partial charge < -0.3 is 5.11 Å². The number of rotatable bonds is 5. The Morgan fingerprint density at radius 2 is 2.25 bits per heavy atom. The minimum absolute atomic E-state index is 0.127. The van der Waals surface area contributed by atoms with E-state index < -0.39 is 20.7 Å². The molecule has 0 radical (unpaired) electrons. The van der Waals surface area contributed by atoms with Crippen molar-refractivity contribution < 1.29 is 17.9 Å². The predicted octanol–water partition coefficient (Wildman–Crippen LogP) is 1.88. The molecule has 112 valence electrons. The second kappa shape index (κ2) is 6.01. The summed E-state index contributed by atoms with van der Waals surface area (Å²) in [6.45, 7) is 1.97. The maximum Gasteiger partial charge on any atom is 0.243 e. The van der Waals surface area contributed by atoms with E-state index in [-0.39, 0.29) is 17.9 Å². The van der Waals surface area contributed by atoms with Crippen LogP contribution in [0.5, 0.6) is 0 Å². The van der Waals surface area contributed by atoms with Crippen molar-refractivity contribution in [3.05, 3.63) is 29.6 Å². The van der Waals surface area contributed by atoms with Crippen molar-refractivity contribution in [3.63, 3.8) is 0 Å². The maximum atomic E-state index is 13.7. The Labute approximate surface area is 122 Å². The monoisotopic (exact) mass is 319 g/mol. The summed E-state index contributed by atoms with van der Waals surface area (Å²) in [5.74, 6) is 0.214. The van der Waals surface area contributed by atoms with Crippen molar-refractivity contribution in [2.24, 2.45) is 0 Å². The van der Waals surface area contributed by atoms with E-state index in [9.17, 15) is 12.8 Å². The highest BCUT2D eigenvalue weighted by atomic mass is 32.2. The standard InChI is InChI=1S/C13H18FNO3S2/c1-13(5-2-6-19-13)9-15-20(17,18)12-7-10(8-16)3-4-11(12)14/h3-4,7,15-16H,2,5-6,8-9H2,1H3. The van der Waals surface area contributed by atoms with Gasteiger partial charge in [-0.15, -0.1) is 0 Å². The van der Waals surface area contributed by atoms with Crippen LogP contribution in [0.1, 0.15) is 25.3 Å². The zero-order chi connectivity index (χ0) is 14.8. The molecule has 0 bridgehead atoms. The van der Waals surface area contributed by atoms with Crippen LogP contribution in [0.25, 0.3) is 0 Å². The van der Waals surface area contributed by atoms with Crippen molar-refractivity contribution in [2.45, 2.75) is 36.0 Å². The first-order valence-corrected chi connectivity index (χ1v) is 8.86. The highest BCUT2D eigenvalue weighted by molar-refractivity contribution is 8.01. The Kier molecular flexibility index (Phi) is 4.73. The third-order valence-electron chi connectivity index (χ3n) is 3.40. The molecule has 1 fully saturated rings. The third kappa shape index (κ3) is 3.52. The molecule has 2 N–H and O–H groups in total. The van der Waals surface area contributed by atoms with Crippen LogP contribution in [-0.4, -0.2) is 30.6 Å². The number of thioether (sulfide) groups is 1. The number of nitrogens with one attached hydrogen (secondary N) is 1. The number of benzene rings is 1. The van der Waals surface area contributed by atoms with Crippen molar-refractivity contribution in [1.29, 1.82) is 0 Å². The van der Waals surface area contributed by atoms with Gasteiger partial charge in [-0.25, -0.2) is 17.5 Å². The summed E-state index contributed by atoms with van der Waals surface area (Å²) in [6, 6.07) is 3.59. The number of sulfonamides is 1.